The number of carbonyl (C=O) groups is 2. The lowest BCUT2D eigenvalue weighted by Crippen LogP contribution is -2.33. The Morgan fingerprint density at radius 3 is 2.21 bits per heavy atom. The first-order valence-corrected chi connectivity index (χ1v) is 9.50. The molecule has 0 aliphatic heterocycles. The van der Waals surface area contributed by atoms with Crippen LogP contribution in [-0.4, -0.2) is 43.5 Å². The van der Waals surface area contributed by atoms with Crippen molar-refractivity contribution in [3.63, 3.8) is 0 Å². The van der Waals surface area contributed by atoms with E-state index in [1.165, 1.54) is 0 Å². The van der Waals surface area contributed by atoms with E-state index >= 15 is 0 Å². The zero-order chi connectivity index (χ0) is 20.5. The molecule has 0 atom stereocenters. The van der Waals surface area contributed by atoms with Gasteiger partial charge in [0.1, 0.15) is 5.75 Å². The Labute approximate surface area is 166 Å². The average Bonchev–Trinajstić information content (AvgIpc) is 2.68. The maximum absolute atomic E-state index is 12.3. The number of nitrogens with zero attached hydrogens (tertiary/aromatic N) is 1. The summed E-state index contributed by atoms with van der Waals surface area (Å²) >= 11 is 0. The molecule has 2 aromatic rings. The molecule has 0 bridgehead atoms. The van der Waals surface area contributed by atoms with Crippen LogP contribution in [0.15, 0.2) is 42.5 Å². The third kappa shape index (κ3) is 6.39. The van der Waals surface area contributed by atoms with E-state index in [9.17, 15) is 9.59 Å². The second-order valence-corrected chi connectivity index (χ2v) is 6.61. The SMILES string of the molecule is CCN(CC)CC(=O)Nc1ccc(NC(=O)Cc2ccc(OC)cc2)cc1C. The summed E-state index contributed by atoms with van der Waals surface area (Å²) in [4.78, 5) is 26.5. The highest BCUT2D eigenvalue weighted by Crippen LogP contribution is 2.20. The molecule has 0 heterocycles. The Kier molecular flexibility index (Phi) is 8.02. The molecule has 150 valence electrons. The van der Waals surface area contributed by atoms with E-state index < -0.39 is 0 Å². The Morgan fingerprint density at radius 2 is 1.64 bits per heavy atom. The molecule has 0 spiro atoms. The highest BCUT2D eigenvalue weighted by molar-refractivity contribution is 5.95. The highest BCUT2D eigenvalue weighted by Gasteiger charge is 2.10. The quantitative estimate of drug-likeness (QED) is 0.696. The van der Waals surface area contributed by atoms with Crippen molar-refractivity contribution in [2.75, 3.05) is 37.4 Å². The first kappa shape index (κ1) is 21.4. The summed E-state index contributed by atoms with van der Waals surface area (Å²) in [7, 11) is 1.61. The van der Waals surface area contributed by atoms with Crippen LogP contribution in [0.5, 0.6) is 5.75 Å². The van der Waals surface area contributed by atoms with Crippen molar-refractivity contribution in [1.29, 1.82) is 0 Å². The van der Waals surface area contributed by atoms with Gasteiger partial charge in [0.15, 0.2) is 0 Å². The van der Waals surface area contributed by atoms with Gasteiger partial charge in [-0.2, -0.15) is 0 Å². The van der Waals surface area contributed by atoms with Crippen LogP contribution in [0.3, 0.4) is 0 Å². The summed E-state index contributed by atoms with van der Waals surface area (Å²) in [6, 6.07) is 12.9. The van der Waals surface area contributed by atoms with Crippen LogP contribution in [-0.2, 0) is 16.0 Å². The summed E-state index contributed by atoms with van der Waals surface area (Å²) in [6.45, 7) is 8.01. The molecule has 6 heteroatoms. The molecule has 0 radical (unpaired) electrons. The summed E-state index contributed by atoms with van der Waals surface area (Å²) < 4.78 is 5.12. The molecule has 0 aliphatic rings. The average molecular weight is 383 g/mol. The van der Waals surface area contributed by atoms with E-state index in [1.54, 1.807) is 13.2 Å². The molecule has 2 N–H and O–H groups in total. The number of rotatable bonds is 9. The number of likely N-dealkylation sites (N-methyl/N-ethyl adjacent to an activating group) is 1. The monoisotopic (exact) mass is 383 g/mol. The summed E-state index contributed by atoms with van der Waals surface area (Å²) in [6.07, 6.45) is 0.283. The molecular weight excluding hydrogens is 354 g/mol. The minimum Gasteiger partial charge on any atom is -0.497 e. The zero-order valence-corrected chi connectivity index (χ0v) is 17.0. The molecule has 2 rings (SSSR count). The summed E-state index contributed by atoms with van der Waals surface area (Å²) in [5, 5.41) is 5.84. The van der Waals surface area contributed by atoms with Gasteiger partial charge in [0.2, 0.25) is 11.8 Å². The molecule has 2 aromatic carbocycles. The van der Waals surface area contributed by atoms with Crippen LogP contribution in [0.1, 0.15) is 25.0 Å². The smallest absolute Gasteiger partial charge is 0.238 e. The van der Waals surface area contributed by atoms with Gasteiger partial charge < -0.3 is 15.4 Å². The third-order valence-corrected chi connectivity index (χ3v) is 4.57. The minimum atomic E-state index is -0.0946. The number of ether oxygens (including phenoxy) is 1. The predicted molar refractivity (Wildman–Crippen MR) is 113 cm³/mol. The molecule has 0 aliphatic carbocycles. The van der Waals surface area contributed by atoms with Crippen molar-refractivity contribution >= 4 is 23.2 Å². The highest BCUT2D eigenvalue weighted by atomic mass is 16.5. The fourth-order valence-electron chi connectivity index (χ4n) is 2.86. The maximum Gasteiger partial charge on any atom is 0.238 e. The summed E-state index contributed by atoms with van der Waals surface area (Å²) in [5.41, 5.74) is 3.27. The van der Waals surface area contributed by atoms with E-state index in [1.807, 2.05) is 57.2 Å². The number of hydrogen-bond acceptors (Lipinski definition) is 4. The van der Waals surface area contributed by atoms with Crippen molar-refractivity contribution in [3.05, 3.63) is 53.6 Å². The molecule has 0 saturated carbocycles. The van der Waals surface area contributed by atoms with Gasteiger partial charge in [-0.1, -0.05) is 26.0 Å². The van der Waals surface area contributed by atoms with Gasteiger partial charge in [-0.25, -0.2) is 0 Å². The van der Waals surface area contributed by atoms with Crippen molar-refractivity contribution in [1.82, 2.24) is 4.90 Å². The number of methoxy groups -OCH3 is 1. The molecule has 28 heavy (non-hydrogen) atoms. The third-order valence-electron chi connectivity index (χ3n) is 4.57. The second-order valence-electron chi connectivity index (χ2n) is 6.61. The van der Waals surface area contributed by atoms with Crippen LogP contribution in [0.4, 0.5) is 11.4 Å². The predicted octanol–water partition coefficient (Wildman–Crippen LogP) is 3.47. The van der Waals surface area contributed by atoms with Crippen LogP contribution in [0.2, 0.25) is 0 Å². The van der Waals surface area contributed by atoms with Crippen LogP contribution >= 0.6 is 0 Å². The molecule has 0 saturated heterocycles. The van der Waals surface area contributed by atoms with E-state index in [2.05, 4.69) is 15.5 Å². The number of nitrogens with one attached hydrogen (secondary N) is 2. The molecule has 0 aromatic heterocycles. The lowest BCUT2D eigenvalue weighted by Gasteiger charge is -2.18. The van der Waals surface area contributed by atoms with Gasteiger partial charge in [-0.15, -0.1) is 0 Å². The fraction of sp³-hybridized carbons (Fsp3) is 0.364. The number of aryl methyl sites for hydroxylation is 1. The summed E-state index contributed by atoms with van der Waals surface area (Å²) in [5.74, 6) is 0.629. The van der Waals surface area contributed by atoms with Gasteiger partial charge in [-0.05, 0) is 61.5 Å². The largest absolute Gasteiger partial charge is 0.497 e. The van der Waals surface area contributed by atoms with Crippen LogP contribution < -0.4 is 15.4 Å². The van der Waals surface area contributed by atoms with Gasteiger partial charge in [0, 0.05) is 11.4 Å². The van der Waals surface area contributed by atoms with Crippen LogP contribution in [0.25, 0.3) is 0 Å². The normalized spacial score (nSPS) is 10.6. The number of hydrogen-bond donors (Lipinski definition) is 2. The molecular formula is C22H29N3O3. The standard InChI is InChI=1S/C22H29N3O3/c1-5-25(6-2)15-22(27)24-20-12-9-18(13-16(20)3)23-21(26)14-17-7-10-19(28-4)11-8-17/h7-13H,5-6,14-15H2,1-4H3,(H,23,26)(H,24,27). The Balaban J connectivity index is 1.93. The van der Waals surface area contributed by atoms with Crippen molar-refractivity contribution in [2.45, 2.75) is 27.2 Å². The number of carbonyl (C=O) groups excluding carboxylic acids is 2. The maximum atomic E-state index is 12.3. The van der Waals surface area contributed by atoms with Gasteiger partial charge in [0.25, 0.3) is 0 Å². The van der Waals surface area contributed by atoms with Crippen molar-refractivity contribution < 1.29 is 14.3 Å². The van der Waals surface area contributed by atoms with Crippen molar-refractivity contribution in [2.24, 2.45) is 0 Å². The second kappa shape index (κ2) is 10.5. The zero-order valence-electron chi connectivity index (χ0n) is 17.0. The van der Waals surface area contributed by atoms with E-state index in [4.69, 9.17) is 4.74 Å². The lowest BCUT2D eigenvalue weighted by molar-refractivity contribution is -0.117. The van der Waals surface area contributed by atoms with Gasteiger partial charge >= 0.3 is 0 Å². The first-order chi connectivity index (χ1) is 13.4. The Hall–Kier alpha value is -2.86. The first-order valence-electron chi connectivity index (χ1n) is 9.50. The van der Waals surface area contributed by atoms with Gasteiger partial charge in [0.05, 0.1) is 20.1 Å². The van der Waals surface area contributed by atoms with Gasteiger partial charge in [-0.3, -0.25) is 14.5 Å². The molecule has 0 fully saturated rings. The topological polar surface area (TPSA) is 70.7 Å². The number of benzene rings is 2. The fourth-order valence-corrected chi connectivity index (χ4v) is 2.86. The number of amides is 2. The molecule has 6 nitrogen and oxygen atoms in total. The Bertz CT molecular complexity index is 799. The van der Waals surface area contributed by atoms with E-state index in [-0.39, 0.29) is 18.2 Å². The van der Waals surface area contributed by atoms with E-state index in [0.29, 0.717) is 12.2 Å². The Morgan fingerprint density at radius 1 is 0.964 bits per heavy atom. The van der Waals surface area contributed by atoms with Crippen LogP contribution in [0, 0.1) is 6.92 Å². The number of anilines is 2. The lowest BCUT2D eigenvalue weighted by atomic mass is 10.1. The van der Waals surface area contributed by atoms with E-state index in [0.717, 1.165) is 35.7 Å². The molecule has 2 amide bonds. The molecule has 0 unspecified atom stereocenters. The minimum absolute atomic E-state index is 0.0388. The van der Waals surface area contributed by atoms with Crippen molar-refractivity contribution in [3.8, 4) is 5.75 Å².